The van der Waals surface area contributed by atoms with Gasteiger partial charge in [0.1, 0.15) is 6.04 Å². The van der Waals surface area contributed by atoms with E-state index in [1.807, 2.05) is 4.90 Å². The Morgan fingerprint density at radius 2 is 1.91 bits per heavy atom. The Bertz CT molecular complexity index is 134. The largest absolute Gasteiger partial charge is 0.480 e. The first kappa shape index (κ1) is 10.7. The van der Waals surface area contributed by atoms with Gasteiger partial charge in [0.2, 0.25) is 0 Å². The number of hydrogen-bond donors (Lipinski definition) is 1. The van der Waals surface area contributed by atoms with Gasteiger partial charge < -0.3 is 5.11 Å². The van der Waals surface area contributed by atoms with Gasteiger partial charge in [-0.2, -0.15) is 0 Å². The number of hydrogen-bond acceptors (Lipinski definition) is 2. The minimum atomic E-state index is -0.707. The molecule has 0 aromatic heterocycles. The van der Waals surface area contributed by atoms with Crippen LogP contribution in [0.25, 0.3) is 0 Å². The minimum absolute atomic E-state index is 0. The Labute approximate surface area is 72.8 Å². The van der Waals surface area contributed by atoms with E-state index in [4.69, 9.17) is 5.11 Å². The first-order valence-electron chi connectivity index (χ1n) is 3.68. The van der Waals surface area contributed by atoms with Gasteiger partial charge in [-0.1, -0.05) is 0 Å². The summed E-state index contributed by atoms with van der Waals surface area (Å²) in [6.45, 7) is 3.65. The van der Waals surface area contributed by atoms with E-state index in [0.717, 1.165) is 25.9 Å². The number of aliphatic carboxylic acids is 1. The van der Waals surface area contributed by atoms with Crippen LogP contribution in [0.5, 0.6) is 0 Å². The van der Waals surface area contributed by atoms with Crippen molar-refractivity contribution >= 4 is 18.4 Å². The SMILES string of the molecule is CC(C(=O)O)N1CCCC1.Cl. The highest BCUT2D eigenvalue weighted by atomic mass is 35.5. The molecule has 66 valence electrons. The van der Waals surface area contributed by atoms with E-state index in [2.05, 4.69) is 0 Å². The average Bonchev–Trinajstić information content (AvgIpc) is 2.36. The van der Waals surface area contributed by atoms with Crippen molar-refractivity contribution in [3.05, 3.63) is 0 Å². The molecule has 1 aliphatic heterocycles. The van der Waals surface area contributed by atoms with E-state index in [9.17, 15) is 4.79 Å². The number of carboxylic acids is 1. The smallest absolute Gasteiger partial charge is 0.320 e. The highest BCUT2D eigenvalue weighted by Gasteiger charge is 2.22. The number of carboxylic acid groups (broad SMARTS) is 1. The number of halogens is 1. The maximum atomic E-state index is 10.4. The molecule has 0 spiro atoms. The monoisotopic (exact) mass is 179 g/mol. The molecule has 1 heterocycles. The van der Waals surface area contributed by atoms with Gasteiger partial charge in [0.15, 0.2) is 0 Å². The molecule has 11 heavy (non-hydrogen) atoms. The maximum Gasteiger partial charge on any atom is 0.320 e. The van der Waals surface area contributed by atoms with Crippen molar-refractivity contribution in [2.24, 2.45) is 0 Å². The highest BCUT2D eigenvalue weighted by molar-refractivity contribution is 5.85. The summed E-state index contributed by atoms with van der Waals surface area (Å²) in [4.78, 5) is 12.4. The van der Waals surface area contributed by atoms with Gasteiger partial charge in [-0.15, -0.1) is 12.4 Å². The van der Waals surface area contributed by atoms with Gasteiger partial charge in [0.05, 0.1) is 0 Å². The highest BCUT2D eigenvalue weighted by Crippen LogP contribution is 2.10. The molecule has 1 rings (SSSR count). The Morgan fingerprint density at radius 3 is 2.27 bits per heavy atom. The van der Waals surface area contributed by atoms with Crippen molar-refractivity contribution in [2.45, 2.75) is 25.8 Å². The second-order valence-corrected chi connectivity index (χ2v) is 2.76. The third kappa shape index (κ3) is 2.67. The predicted octanol–water partition coefficient (Wildman–Crippen LogP) is 0.977. The molecule has 0 bridgehead atoms. The van der Waals surface area contributed by atoms with Gasteiger partial charge in [0.25, 0.3) is 0 Å². The summed E-state index contributed by atoms with van der Waals surface area (Å²) in [5.41, 5.74) is 0. The Hall–Kier alpha value is -0.280. The van der Waals surface area contributed by atoms with Gasteiger partial charge in [-0.25, -0.2) is 0 Å². The lowest BCUT2D eigenvalue weighted by atomic mass is 10.3. The predicted molar refractivity (Wildman–Crippen MR) is 45.2 cm³/mol. The summed E-state index contributed by atoms with van der Waals surface area (Å²) < 4.78 is 0. The van der Waals surface area contributed by atoms with Crippen LogP contribution >= 0.6 is 12.4 Å². The van der Waals surface area contributed by atoms with Gasteiger partial charge in [-0.3, -0.25) is 9.69 Å². The first-order valence-corrected chi connectivity index (χ1v) is 3.68. The van der Waals surface area contributed by atoms with E-state index < -0.39 is 5.97 Å². The average molecular weight is 180 g/mol. The van der Waals surface area contributed by atoms with Crippen LogP contribution in [-0.4, -0.2) is 35.1 Å². The van der Waals surface area contributed by atoms with Crippen LogP contribution in [0.1, 0.15) is 19.8 Å². The molecular weight excluding hydrogens is 166 g/mol. The van der Waals surface area contributed by atoms with E-state index in [1.54, 1.807) is 6.92 Å². The zero-order chi connectivity index (χ0) is 7.56. The zero-order valence-electron chi connectivity index (χ0n) is 6.62. The van der Waals surface area contributed by atoms with E-state index in [0.29, 0.717) is 0 Å². The second-order valence-electron chi connectivity index (χ2n) is 2.76. The van der Waals surface area contributed by atoms with E-state index >= 15 is 0 Å². The lowest BCUT2D eigenvalue weighted by molar-refractivity contribution is -0.142. The second kappa shape index (κ2) is 4.57. The van der Waals surface area contributed by atoms with Crippen molar-refractivity contribution in [1.82, 2.24) is 4.90 Å². The molecule has 1 unspecified atom stereocenters. The maximum absolute atomic E-state index is 10.4. The molecule has 1 atom stereocenters. The Morgan fingerprint density at radius 1 is 1.45 bits per heavy atom. The summed E-state index contributed by atoms with van der Waals surface area (Å²) in [6, 6.07) is -0.289. The fraction of sp³-hybridized carbons (Fsp3) is 0.857. The molecule has 0 amide bonds. The lowest BCUT2D eigenvalue weighted by Crippen LogP contribution is -2.36. The Balaban J connectivity index is 0.000001000. The van der Waals surface area contributed by atoms with Crippen molar-refractivity contribution < 1.29 is 9.90 Å². The van der Waals surface area contributed by atoms with Crippen molar-refractivity contribution in [2.75, 3.05) is 13.1 Å². The van der Waals surface area contributed by atoms with E-state index in [1.165, 1.54) is 0 Å². The van der Waals surface area contributed by atoms with Crippen molar-refractivity contribution in [3.8, 4) is 0 Å². The molecule has 4 heteroatoms. The molecule has 1 fully saturated rings. The quantitative estimate of drug-likeness (QED) is 0.687. The van der Waals surface area contributed by atoms with Crippen LogP contribution < -0.4 is 0 Å². The number of nitrogens with zero attached hydrogens (tertiary/aromatic N) is 1. The third-order valence-corrected chi connectivity index (χ3v) is 2.05. The van der Waals surface area contributed by atoms with Crippen LogP contribution in [0.4, 0.5) is 0 Å². The molecular formula is C7H14ClNO2. The molecule has 0 aromatic carbocycles. The summed E-state index contributed by atoms with van der Waals surface area (Å²) in [6.07, 6.45) is 2.30. The van der Waals surface area contributed by atoms with Crippen LogP contribution in [0, 0.1) is 0 Å². The number of likely N-dealkylation sites (tertiary alicyclic amines) is 1. The molecule has 0 radical (unpaired) electrons. The fourth-order valence-corrected chi connectivity index (χ4v) is 1.29. The normalized spacial score (nSPS) is 20.8. The van der Waals surface area contributed by atoms with Gasteiger partial charge >= 0.3 is 5.97 Å². The van der Waals surface area contributed by atoms with Crippen LogP contribution in [-0.2, 0) is 4.79 Å². The molecule has 1 N–H and O–H groups in total. The van der Waals surface area contributed by atoms with Crippen LogP contribution in [0.3, 0.4) is 0 Å². The molecule has 0 aromatic rings. The number of rotatable bonds is 2. The minimum Gasteiger partial charge on any atom is -0.480 e. The summed E-state index contributed by atoms with van der Waals surface area (Å²) in [7, 11) is 0. The molecule has 3 nitrogen and oxygen atoms in total. The molecule has 1 saturated heterocycles. The fourth-order valence-electron chi connectivity index (χ4n) is 1.29. The van der Waals surface area contributed by atoms with Gasteiger partial charge in [-0.05, 0) is 32.9 Å². The lowest BCUT2D eigenvalue weighted by Gasteiger charge is -2.18. The Kier molecular flexibility index (Phi) is 4.45. The third-order valence-electron chi connectivity index (χ3n) is 2.05. The van der Waals surface area contributed by atoms with Gasteiger partial charge in [0, 0.05) is 0 Å². The van der Waals surface area contributed by atoms with Crippen LogP contribution in [0.2, 0.25) is 0 Å². The zero-order valence-corrected chi connectivity index (χ0v) is 7.43. The summed E-state index contributed by atoms with van der Waals surface area (Å²) in [5.74, 6) is -0.707. The van der Waals surface area contributed by atoms with E-state index in [-0.39, 0.29) is 18.4 Å². The summed E-state index contributed by atoms with van der Waals surface area (Å²) in [5, 5.41) is 8.60. The first-order chi connectivity index (χ1) is 4.72. The van der Waals surface area contributed by atoms with Crippen molar-refractivity contribution in [3.63, 3.8) is 0 Å². The van der Waals surface area contributed by atoms with Crippen LogP contribution in [0.15, 0.2) is 0 Å². The molecule has 0 aliphatic carbocycles. The molecule has 0 saturated carbocycles. The topological polar surface area (TPSA) is 40.5 Å². The summed E-state index contributed by atoms with van der Waals surface area (Å²) >= 11 is 0. The van der Waals surface area contributed by atoms with Crippen molar-refractivity contribution in [1.29, 1.82) is 0 Å². The molecule has 1 aliphatic rings. The number of carbonyl (C=O) groups is 1. The standard InChI is InChI=1S/C7H13NO2.ClH/c1-6(7(9)10)8-4-2-3-5-8;/h6H,2-5H2,1H3,(H,9,10);1H.